The van der Waals surface area contributed by atoms with Gasteiger partial charge in [-0.1, -0.05) is 43.7 Å². The van der Waals surface area contributed by atoms with Gasteiger partial charge in [0.05, 0.1) is 19.0 Å². The molecule has 4 nitrogen and oxygen atoms in total. The fraction of sp³-hybridized carbons (Fsp3) is 0.500. The van der Waals surface area contributed by atoms with Gasteiger partial charge in [0.15, 0.2) is 5.78 Å². The van der Waals surface area contributed by atoms with E-state index >= 15 is 0 Å². The summed E-state index contributed by atoms with van der Waals surface area (Å²) in [6, 6.07) is 9.30. The molecule has 1 atom stereocenters. The van der Waals surface area contributed by atoms with Crippen molar-refractivity contribution in [3.8, 4) is 0 Å². The molecule has 1 aliphatic rings. The van der Waals surface area contributed by atoms with Gasteiger partial charge in [-0.2, -0.15) is 0 Å². The Hall–Kier alpha value is -1.68. The Balaban J connectivity index is 1.75. The van der Waals surface area contributed by atoms with Crippen molar-refractivity contribution in [1.82, 2.24) is 4.90 Å². The van der Waals surface area contributed by atoms with Gasteiger partial charge in [-0.05, 0) is 18.5 Å². The summed E-state index contributed by atoms with van der Waals surface area (Å²) < 4.78 is 5.22. The van der Waals surface area contributed by atoms with Crippen molar-refractivity contribution >= 4 is 11.8 Å². The number of ketones is 1. The first-order chi connectivity index (χ1) is 9.70. The van der Waals surface area contributed by atoms with Gasteiger partial charge in [0.2, 0.25) is 0 Å². The van der Waals surface area contributed by atoms with E-state index in [1.54, 1.807) is 0 Å². The van der Waals surface area contributed by atoms with Gasteiger partial charge in [-0.3, -0.25) is 14.5 Å². The van der Waals surface area contributed by atoms with Crippen molar-refractivity contribution in [2.75, 3.05) is 13.1 Å². The minimum absolute atomic E-state index is 0.151. The number of rotatable bonds is 7. The Kier molecular flexibility index (Phi) is 5.30. The normalized spacial score (nSPS) is 18.6. The van der Waals surface area contributed by atoms with Crippen LogP contribution in [0.3, 0.4) is 0 Å². The topological polar surface area (TPSA) is 46.6 Å². The van der Waals surface area contributed by atoms with Gasteiger partial charge in [0.1, 0.15) is 6.61 Å². The van der Waals surface area contributed by atoms with Gasteiger partial charge in [0, 0.05) is 0 Å². The number of carbonyl (C=O) groups excluding carboxylic acids is 2. The number of likely N-dealkylation sites (tertiary alicyclic amines) is 1. The van der Waals surface area contributed by atoms with Crippen molar-refractivity contribution < 1.29 is 14.3 Å². The Labute approximate surface area is 119 Å². The standard InChI is InChI=1S/C16H21NO3/c1-2-3-9-17-11-15(18)14(17)10-16(19)20-12-13-7-5-4-6-8-13/h4-8,14H,2-3,9-12H2,1H3. The molecule has 20 heavy (non-hydrogen) atoms. The first-order valence-electron chi connectivity index (χ1n) is 7.17. The van der Waals surface area contributed by atoms with Crippen molar-refractivity contribution in [3.63, 3.8) is 0 Å². The minimum Gasteiger partial charge on any atom is -0.461 e. The number of esters is 1. The molecular weight excluding hydrogens is 254 g/mol. The maximum absolute atomic E-state index is 11.8. The number of hydrogen-bond acceptors (Lipinski definition) is 4. The van der Waals surface area contributed by atoms with Gasteiger partial charge in [0.25, 0.3) is 0 Å². The van der Waals surface area contributed by atoms with Crippen LogP contribution in [0, 0.1) is 0 Å². The molecular formula is C16H21NO3. The van der Waals surface area contributed by atoms with Crippen molar-refractivity contribution in [2.24, 2.45) is 0 Å². The van der Waals surface area contributed by atoms with E-state index in [0.29, 0.717) is 6.54 Å². The number of nitrogens with zero attached hydrogens (tertiary/aromatic N) is 1. The maximum Gasteiger partial charge on any atom is 0.308 e. The third-order valence-corrected chi connectivity index (χ3v) is 3.57. The van der Waals surface area contributed by atoms with Crippen LogP contribution in [0.1, 0.15) is 31.7 Å². The number of benzene rings is 1. The van der Waals surface area contributed by atoms with E-state index in [1.165, 1.54) is 0 Å². The van der Waals surface area contributed by atoms with E-state index in [1.807, 2.05) is 30.3 Å². The molecule has 1 aliphatic heterocycles. The van der Waals surface area contributed by atoms with Crippen LogP contribution in [0.15, 0.2) is 30.3 Å². The summed E-state index contributed by atoms with van der Waals surface area (Å²) in [5.41, 5.74) is 0.962. The predicted octanol–water partition coefficient (Wildman–Crippen LogP) is 2.17. The summed E-state index contributed by atoms with van der Waals surface area (Å²) in [7, 11) is 0. The summed E-state index contributed by atoms with van der Waals surface area (Å²) in [6.45, 7) is 3.76. The van der Waals surface area contributed by atoms with Crippen molar-refractivity contribution in [2.45, 2.75) is 38.8 Å². The number of carbonyl (C=O) groups is 2. The number of hydrogen-bond donors (Lipinski definition) is 0. The van der Waals surface area contributed by atoms with Crippen molar-refractivity contribution in [3.05, 3.63) is 35.9 Å². The maximum atomic E-state index is 11.8. The van der Waals surface area contributed by atoms with E-state index in [9.17, 15) is 9.59 Å². The van der Waals surface area contributed by atoms with Gasteiger partial charge in [-0.15, -0.1) is 0 Å². The zero-order valence-electron chi connectivity index (χ0n) is 11.9. The summed E-state index contributed by atoms with van der Waals surface area (Å²) >= 11 is 0. The van der Waals surface area contributed by atoms with E-state index in [4.69, 9.17) is 4.74 Å². The monoisotopic (exact) mass is 275 g/mol. The second-order valence-corrected chi connectivity index (χ2v) is 5.16. The third kappa shape index (κ3) is 3.90. The number of ether oxygens (including phenoxy) is 1. The fourth-order valence-electron chi connectivity index (χ4n) is 2.30. The molecule has 1 aromatic carbocycles. The highest BCUT2D eigenvalue weighted by Gasteiger charge is 2.38. The SMILES string of the molecule is CCCCN1CC(=O)C1CC(=O)OCc1ccccc1. The lowest BCUT2D eigenvalue weighted by molar-refractivity contribution is -0.152. The Bertz CT molecular complexity index is 458. The zero-order valence-corrected chi connectivity index (χ0v) is 11.9. The van der Waals surface area contributed by atoms with Crippen molar-refractivity contribution in [1.29, 1.82) is 0 Å². The highest BCUT2D eigenvalue weighted by Crippen LogP contribution is 2.18. The molecule has 0 amide bonds. The molecule has 0 saturated carbocycles. The van der Waals surface area contributed by atoms with Crippen LogP contribution in [0.5, 0.6) is 0 Å². The van der Waals surface area contributed by atoms with Crippen LogP contribution in [-0.4, -0.2) is 35.8 Å². The number of unbranched alkanes of at least 4 members (excludes halogenated alkanes) is 1. The highest BCUT2D eigenvalue weighted by atomic mass is 16.5. The fourth-order valence-corrected chi connectivity index (χ4v) is 2.30. The molecule has 2 rings (SSSR count). The average Bonchev–Trinajstić information content (AvgIpc) is 2.48. The molecule has 4 heteroatoms. The second-order valence-electron chi connectivity index (χ2n) is 5.16. The molecule has 0 aromatic heterocycles. The van der Waals surface area contributed by atoms with E-state index in [-0.39, 0.29) is 30.8 Å². The first kappa shape index (κ1) is 14.7. The third-order valence-electron chi connectivity index (χ3n) is 3.57. The predicted molar refractivity (Wildman–Crippen MR) is 76.1 cm³/mol. The van der Waals surface area contributed by atoms with Gasteiger partial charge < -0.3 is 4.74 Å². The second kappa shape index (κ2) is 7.20. The van der Waals surface area contributed by atoms with Crippen LogP contribution in [0.25, 0.3) is 0 Å². The molecule has 1 heterocycles. The Morgan fingerprint density at radius 3 is 2.75 bits per heavy atom. The Morgan fingerprint density at radius 2 is 2.10 bits per heavy atom. The molecule has 0 radical (unpaired) electrons. The lowest BCUT2D eigenvalue weighted by Crippen LogP contribution is -2.57. The first-order valence-corrected chi connectivity index (χ1v) is 7.17. The summed E-state index contributed by atoms with van der Waals surface area (Å²) in [4.78, 5) is 25.4. The highest BCUT2D eigenvalue weighted by molar-refractivity contribution is 5.94. The van der Waals surface area contributed by atoms with Gasteiger partial charge >= 0.3 is 5.97 Å². The average molecular weight is 275 g/mol. The smallest absolute Gasteiger partial charge is 0.308 e. The largest absolute Gasteiger partial charge is 0.461 e. The molecule has 1 saturated heterocycles. The molecule has 1 aromatic rings. The summed E-state index contributed by atoms with van der Waals surface area (Å²) in [6.07, 6.45) is 2.33. The van der Waals surface area contributed by atoms with Gasteiger partial charge in [-0.25, -0.2) is 0 Å². The molecule has 0 aliphatic carbocycles. The number of Topliss-reactive ketones (excluding diaryl/α,β-unsaturated/α-hetero) is 1. The van der Waals surface area contributed by atoms with Crippen LogP contribution in [-0.2, 0) is 20.9 Å². The van der Waals surface area contributed by atoms with Crippen LogP contribution in [0.4, 0.5) is 0 Å². The van der Waals surface area contributed by atoms with Crippen LogP contribution in [0.2, 0.25) is 0 Å². The molecule has 0 bridgehead atoms. The molecule has 108 valence electrons. The van der Waals surface area contributed by atoms with Crippen LogP contribution < -0.4 is 0 Å². The summed E-state index contributed by atoms with van der Waals surface area (Å²) in [5, 5.41) is 0. The minimum atomic E-state index is -0.298. The zero-order chi connectivity index (χ0) is 14.4. The van der Waals surface area contributed by atoms with Crippen LogP contribution >= 0.6 is 0 Å². The van der Waals surface area contributed by atoms with E-state index in [2.05, 4.69) is 11.8 Å². The van der Waals surface area contributed by atoms with E-state index in [0.717, 1.165) is 24.9 Å². The molecule has 1 fully saturated rings. The Morgan fingerprint density at radius 1 is 1.35 bits per heavy atom. The molecule has 0 N–H and O–H groups in total. The van der Waals surface area contributed by atoms with E-state index < -0.39 is 0 Å². The quantitative estimate of drug-likeness (QED) is 0.716. The lowest BCUT2D eigenvalue weighted by Gasteiger charge is -2.38. The molecule has 1 unspecified atom stereocenters. The molecule has 0 spiro atoms. The summed E-state index contributed by atoms with van der Waals surface area (Å²) in [5.74, 6) is -0.147. The lowest BCUT2D eigenvalue weighted by atomic mass is 9.97.